The summed E-state index contributed by atoms with van der Waals surface area (Å²) >= 11 is 0. The van der Waals surface area contributed by atoms with E-state index in [0.717, 1.165) is 30.4 Å². The van der Waals surface area contributed by atoms with E-state index in [4.69, 9.17) is 10.6 Å². The lowest BCUT2D eigenvalue weighted by molar-refractivity contribution is -0.128. The minimum atomic E-state index is -0.413. The van der Waals surface area contributed by atoms with E-state index in [1.54, 1.807) is 5.48 Å². The Balaban J connectivity index is 1.80. The Labute approximate surface area is 130 Å². The van der Waals surface area contributed by atoms with Gasteiger partial charge in [0.1, 0.15) is 0 Å². The quantitative estimate of drug-likeness (QED) is 0.417. The number of carbonyl (C=O) groups excluding carboxylic acids is 1. The number of nitrogens with one attached hydrogen (secondary N) is 2. The van der Waals surface area contributed by atoms with E-state index < -0.39 is 5.91 Å². The van der Waals surface area contributed by atoms with Crippen molar-refractivity contribution in [2.45, 2.75) is 25.7 Å². The number of amides is 1. The molecule has 0 heterocycles. The smallest absolute Gasteiger partial charge is 0.247 e. The van der Waals surface area contributed by atoms with Crippen LogP contribution in [0.1, 0.15) is 29.5 Å². The minimum Gasteiger partial charge on any atom is -0.305 e. The third kappa shape index (κ3) is 4.82. The molecule has 1 amide bonds. The molecule has 4 nitrogen and oxygen atoms in total. The summed E-state index contributed by atoms with van der Waals surface area (Å²) in [6.45, 7) is 0. The van der Waals surface area contributed by atoms with Gasteiger partial charge in [0.25, 0.3) is 0 Å². The predicted molar refractivity (Wildman–Crippen MR) is 86.3 cm³/mol. The maximum atomic E-state index is 11.1. The molecule has 0 aliphatic rings. The number of aryl methyl sites for hydroxylation is 1. The van der Waals surface area contributed by atoms with Crippen molar-refractivity contribution in [3.05, 3.63) is 71.3 Å². The second kappa shape index (κ2) is 8.10. The summed E-state index contributed by atoms with van der Waals surface area (Å²) in [5.74, 6) is -0.413. The molecule has 114 valence electrons. The summed E-state index contributed by atoms with van der Waals surface area (Å²) in [5, 5.41) is 16.6. The molecule has 0 atom stereocenters. The van der Waals surface area contributed by atoms with Gasteiger partial charge in [0.15, 0.2) is 0 Å². The summed E-state index contributed by atoms with van der Waals surface area (Å²) in [7, 11) is 0. The molecule has 0 spiro atoms. The van der Waals surface area contributed by atoms with Gasteiger partial charge in [-0.2, -0.15) is 0 Å². The van der Waals surface area contributed by atoms with Crippen molar-refractivity contribution in [2.24, 2.45) is 0 Å². The van der Waals surface area contributed by atoms with E-state index in [2.05, 4.69) is 0 Å². The lowest BCUT2D eigenvalue weighted by Crippen LogP contribution is -2.20. The molecule has 0 radical (unpaired) electrons. The fraction of sp³-hybridized carbons (Fsp3) is 0.222. The molecule has 0 unspecified atom stereocenters. The monoisotopic (exact) mass is 296 g/mol. The van der Waals surface area contributed by atoms with Crippen LogP contribution in [0.25, 0.3) is 0 Å². The largest absolute Gasteiger partial charge is 0.305 e. The van der Waals surface area contributed by atoms with Crippen LogP contribution in [0.4, 0.5) is 0 Å². The van der Waals surface area contributed by atoms with Crippen molar-refractivity contribution < 1.29 is 10.0 Å². The third-order valence-corrected chi connectivity index (χ3v) is 3.53. The van der Waals surface area contributed by atoms with Crippen LogP contribution in [0.15, 0.2) is 54.6 Å². The van der Waals surface area contributed by atoms with E-state index in [0.29, 0.717) is 5.71 Å². The van der Waals surface area contributed by atoms with Crippen molar-refractivity contribution in [1.82, 2.24) is 5.48 Å². The fourth-order valence-corrected chi connectivity index (χ4v) is 2.30. The number of hydrogen-bond donors (Lipinski definition) is 3. The minimum absolute atomic E-state index is 0.176. The summed E-state index contributed by atoms with van der Waals surface area (Å²) in [4.78, 5) is 11.1. The molecule has 0 aliphatic heterocycles. The highest BCUT2D eigenvalue weighted by atomic mass is 16.5. The van der Waals surface area contributed by atoms with Crippen LogP contribution in [-0.2, 0) is 17.6 Å². The lowest BCUT2D eigenvalue weighted by Gasteiger charge is -2.06. The predicted octanol–water partition coefficient (Wildman–Crippen LogP) is 3.13. The maximum absolute atomic E-state index is 11.1. The van der Waals surface area contributed by atoms with Gasteiger partial charge in [0.2, 0.25) is 5.91 Å². The molecule has 0 fully saturated rings. The third-order valence-electron chi connectivity index (χ3n) is 3.53. The number of carbonyl (C=O) groups is 1. The maximum Gasteiger partial charge on any atom is 0.247 e. The molecule has 3 N–H and O–H groups in total. The topological polar surface area (TPSA) is 73.2 Å². The molecule has 4 heteroatoms. The van der Waals surface area contributed by atoms with Crippen molar-refractivity contribution in [3.8, 4) is 0 Å². The first-order chi connectivity index (χ1) is 10.7. The summed E-state index contributed by atoms with van der Waals surface area (Å²) in [5.41, 5.74) is 5.33. The van der Waals surface area contributed by atoms with Gasteiger partial charge in [-0.05, 0) is 36.0 Å². The molecule has 0 saturated heterocycles. The fourth-order valence-electron chi connectivity index (χ4n) is 2.30. The zero-order valence-electron chi connectivity index (χ0n) is 12.4. The zero-order chi connectivity index (χ0) is 15.8. The van der Waals surface area contributed by atoms with Gasteiger partial charge >= 0.3 is 0 Å². The van der Waals surface area contributed by atoms with Gasteiger partial charge in [-0.3, -0.25) is 10.0 Å². The van der Waals surface area contributed by atoms with Gasteiger partial charge in [0, 0.05) is 5.71 Å². The van der Waals surface area contributed by atoms with Gasteiger partial charge < -0.3 is 5.41 Å². The molecule has 0 aromatic heterocycles. The Kier molecular flexibility index (Phi) is 5.86. The highest BCUT2D eigenvalue weighted by molar-refractivity contribution is 5.98. The molecule has 2 aromatic rings. The van der Waals surface area contributed by atoms with E-state index >= 15 is 0 Å². The second-order valence-corrected chi connectivity index (χ2v) is 5.23. The highest BCUT2D eigenvalue weighted by Gasteiger charge is 2.03. The lowest BCUT2D eigenvalue weighted by atomic mass is 10.0. The average molecular weight is 296 g/mol. The van der Waals surface area contributed by atoms with E-state index in [9.17, 15) is 4.79 Å². The zero-order valence-corrected chi connectivity index (χ0v) is 12.4. The van der Waals surface area contributed by atoms with Crippen LogP contribution in [0.3, 0.4) is 0 Å². The Morgan fingerprint density at radius 2 is 1.64 bits per heavy atom. The van der Waals surface area contributed by atoms with Crippen LogP contribution in [0, 0.1) is 5.41 Å². The Morgan fingerprint density at radius 3 is 2.27 bits per heavy atom. The summed E-state index contributed by atoms with van der Waals surface area (Å²) in [6.07, 6.45) is 2.75. The highest BCUT2D eigenvalue weighted by Crippen LogP contribution is 2.11. The molecular formula is C18H20N2O2. The molecular weight excluding hydrogens is 276 g/mol. The molecule has 0 saturated carbocycles. The van der Waals surface area contributed by atoms with Crippen molar-refractivity contribution in [3.63, 3.8) is 0 Å². The first-order valence-corrected chi connectivity index (χ1v) is 7.32. The number of benzene rings is 2. The van der Waals surface area contributed by atoms with E-state index in [-0.39, 0.29) is 6.42 Å². The summed E-state index contributed by atoms with van der Waals surface area (Å²) < 4.78 is 0. The first kappa shape index (κ1) is 15.9. The van der Waals surface area contributed by atoms with E-state index in [1.807, 2.05) is 54.6 Å². The molecule has 0 bridgehead atoms. The number of rotatable bonds is 7. The van der Waals surface area contributed by atoms with Gasteiger partial charge in [-0.25, -0.2) is 5.48 Å². The van der Waals surface area contributed by atoms with Crippen molar-refractivity contribution in [2.75, 3.05) is 0 Å². The van der Waals surface area contributed by atoms with Gasteiger partial charge in [-0.1, -0.05) is 54.6 Å². The van der Waals surface area contributed by atoms with Gasteiger partial charge in [0.05, 0.1) is 6.42 Å². The number of hydrogen-bond acceptors (Lipinski definition) is 3. The molecule has 22 heavy (non-hydrogen) atoms. The van der Waals surface area contributed by atoms with Crippen molar-refractivity contribution >= 4 is 11.6 Å². The van der Waals surface area contributed by atoms with E-state index in [1.165, 1.54) is 5.56 Å². The SMILES string of the molecule is N=C(CCCc1ccc(CC(=O)NO)cc1)c1ccccc1. The van der Waals surface area contributed by atoms with Crippen LogP contribution in [0.5, 0.6) is 0 Å². The van der Waals surface area contributed by atoms with Crippen LogP contribution in [-0.4, -0.2) is 16.8 Å². The normalized spacial score (nSPS) is 10.2. The Morgan fingerprint density at radius 1 is 1.00 bits per heavy atom. The second-order valence-electron chi connectivity index (χ2n) is 5.23. The molecule has 2 rings (SSSR count). The average Bonchev–Trinajstić information content (AvgIpc) is 2.57. The van der Waals surface area contributed by atoms with Crippen LogP contribution < -0.4 is 5.48 Å². The molecule has 0 aliphatic carbocycles. The summed E-state index contributed by atoms with van der Waals surface area (Å²) in [6, 6.07) is 17.6. The van der Waals surface area contributed by atoms with Crippen LogP contribution in [0.2, 0.25) is 0 Å². The van der Waals surface area contributed by atoms with Crippen LogP contribution >= 0.6 is 0 Å². The van der Waals surface area contributed by atoms with Crippen molar-refractivity contribution in [1.29, 1.82) is 5.41 Å². The first-order valence-electron chi connectivity index (χ1n) is 7.32. The number of hydroxylamine groups is 1. The van der Waals surface area contributed by atoms with Gasteiger partial charge in [-0.15, -0.1) is 0 Å². The Hall–Kier alpha value is -2.46. The standard InChI is InChI=1S/C18H20N2O2/c19-17(16-6-2-1-3-7-16)8-4-5-14-9-11-15(12-10-14)13-18(21)20-22/h1-3,6-7,9-12,19,22H,4-5,8,13H2,(H,20,21). The Bertz CT molecular complexity index is 621. The molecule has 2 aromatic carbocycles.